The van der Waals surface area contributed by atoms with Crippen LogP contribution in [-0.2, 0) is 14.3 Å². The summed E-state index contributed by atoms with van der Waals surface area (Å²) >= 11 is 0. The van der Waals surface area contributed by atoms with Gasteiger partial charge in [0.05, 0.1) is 25.8 Å². The molecule has 0 aliphatic carbocycles. The minimum Gasteiger partial charge on any atom is -0.462 e. The van der Waals surface area contributed by atoms with Gasteiger partial charge in [0.2, 0.25) is 11.8 Å². The van der Waals surface area contributed by atoms with Crippen molar-refractivity contribution >= 4 is 23.5 Å². The number of Topliss-reactive ketones (excluding diaryl/α,β-unsaturated/α-hetero) is 1. The minimum atomic E-state index is -0.629. The molecular formula is C10H10N2O5. The first-order valence-corrected chi connectivity index (χ1v) is 5.07. The van der Waals surface area contributed by atoms with E-state index in [1.54, 1.807) is 6.92 Å². The van der Waals surface area contributed by atoms with Crippen LogP contribution in [0.25, 0.3) is 0 Å². The molecule has 17 heavy (non-hydrogen) atoms. The van der Waals surface area contributed by atoms with E-state index in [1.165, 1.54) is 6.20 Å². The summed E-state index contributed by atoms with van der Waals surface area (Å²) in [5.74, 6) is -1.28. The Hall–Kier alpha value is -2.18. The van der Waals surface area contributed by atoms with Gasteiger partial charge in [-0.15, -0.1) is 0 Å². The summed E-state index contributed by atoms with van der Waals surface area (Å²) in [5, 5.41) is 3.45. The Balaban J connectivity index is 2.28. The molecule has 7 heteroatoms. The zero-order valence-electron chi connectivity index (χ0n) is 9.13. The van der Waals surface area contributed by atoms with E-state index in [2.05, 4.69) is 5.16 Å². The Morgan fingerprint density at radius 3 is 2.94 bits per heavy atom. The molecule has 1 aromatic rings. The van der Waals surface area contributed by atoms with Crippen LogP contribution in [0, 0.1) is 0 Å². The van der Waals surface area contributed by atoms with E-state index < -0.39 is 11.9 Å². The predicted molar refractivity (Wildman–Crippen MR) is 54.4 cm³/mol. The van der Waals surface area contributed by atoms with Crippen molar-refractivity contribution < 1.29 is 23.6 Å². The molecule has 7 nitrogen and oxygen atoms in total. The highest BCUT2D eigenvalue weighted by molar-refractivity contribution is 6.15. The van der Waals surface area contributed by atoms with Crippen molar-refractivity contribution in [1.82, 2.24) is 5.16 Å². The van der Waals surface area contributed by atoms with E-state index in [-0.39, 0.29) is 36.8 Å². The molecule has 1 aliphatic heterocycles. The molecule has 0 radical (unpaired) electrons. The second-order valence-corrected chi connectivity index (χ2v) is 3.46. The number of carbonyl (C=O) groups is 3. The van der Waals surface area contributed by atoms with Crippen molar-refractivity contribution in [1.29, 1.82) is 0 Å². The normalized spacial score (nSPS) is 15.5. The maximum atomic E-state index is 11.5. The average Bonchev–Trinajstić information content (AvgIpc) is 2.84. The molecule has 0 atom stereocenters. The van der Waals surface area contributed by atoms with Gasteiger partial charge in [-0.2, -0.15) is 0 Å². The highest BCUT2D eigenvalue weighted by Crippen LogP contribution is 2.24. The van der Waals surface area contributed by atoms with Gasteiger partial charge < -0.3 is 9.26 Å². The molecule has 1 saturated heterocycles. The largest absolute Gasteiger partial charge is 0.462 e. The van der Waals surface area contributed by atoms with E-state index in [0.29, 0.717) is 0 Å². The highest BCUT2D eigenvalue weighted by Gasteiger charge is 2.34. The lowest BCUT2D eigenvalue weighted by atomic mass is 10.3. The molecule has 0 spiro atoms. The monoisotopic (exact) mass is 238 g/mol. The van der Waals surface area contributed by atoms with Gasteiger partial charge in [-0.1, -0.05) is 5.16 Å². The van der Waals surface area contributed by atoms with Crippen LogP contribution in [-0.4, -0.2) is 36.0 Å². The van der Waals surface area contributed by atoms with E-state index >= 15 is 0 Å². The van der Waals surface area contributed by atoms with Crippen molar-refractivity contribution in [3.63, 3.8) is 0 Å². The second kappa shape index (κ2) is 4.36. The van der Waals surface area contributed by atoms with Crippen LogP contribution < -0.4 is 4.90 Å². The fourth-order valence-corrected chi connectivity index (χ4v) is 1.55. The number of hydrogen-bond donors (Lipinski definition) is 0. The Kier molecular flexibility index (Phi) is 2.90. The number of amides is 1. The lowest BCUT2D eigenvalue weighted by molar-refractivity contribution is -0.121. The van der Waals surface area contributed by atoms with Gasteiger partial charge in [0.15, 0.2) is 5.78 Å². The van der Waals surface area contributed by atoms with Gasteiger partial charge in [0.1, 0.15) is 5.56 Å². The molecule has 0 unspecified atom stereocenters. The zero-order valence-corrected chi connectivity index (χ0v) is 9.13. The summed E-state index contributed by atoms with van der Waals surface area (Å²) in [6, 6.07) is 0. The zero-order chi connectivity index (χ0) is 12.4. The molecule has 2 heterocycles. The van der Waals surface area contributed by atoms with Gasteiger partial charge in [0.25, 0.3) is 0 Å². The number of anilines is 1. The molecule has 1 aliphatic rings. The SMILES string of the molecule is CCOC(=O)c1cnoc1N1CC(=O)CC1=O. The predicted octanol–water partition coefficient (Wildman–Crippen LogP) is 0.157. The number of aromatic nitrogens is 1. The minimum absolute atomic E-state index is 0.0284. The molecule has 0 bridgehead atoms. The van der Waals surface area contributed by atoms with Crippen molar-refractivity contribution in [2.24, 2.45) is 0 Å². The fraction of sp³-hybridized carbons (Fsp3) is 0.400. The number of carbonyl (C=O) groups excluding carboxylic acids is 3. The van der Waals surface area contributed by atoms with Gasteiger partial charge in [-0.25, -0.2) is 4.79 Å². The van der Waals surface area contributed by atoms with Crippen LogP contribution in [0.5, 0.6) is 0 Å². The highest BCUT2D eigenvalue weighted by atomic mass is 16.5. The van der Waals surface area contributed by atoms with Gasteiger partial charge in [0, 0.05) is 0 Å². The fourth-order valence-electron chi connectivity index (χ4n) is 1.55. The summed E-state index contributed by atoms with van der Waals surface area (Å²) in [6.07, 6.45) is 0.992. The Bertz CT molecular complexity index is 479. The quantitative estimate of drug-likeness (QED) is 0.550. The molecular weight excluding hydrogens is 228 g/mol. The van der Waals surface area contributed by atoms with Crippen LogP contribution in [0.3, 0.4) is 0 Å². The van der Waals surface area contributed by atoms with Crippen molar-refractivity contribution in [2.75, 3.05) is 18.1 Å². The third kappa shape index (κ3) is 2.03. The molecule has 1 amide bonds. The number of ketones is 1. The third-order valence-corrected chi connectivity index (χ3v) is 2.28. The van der Waals surface area contributed by atoms with E-state index in [4.69, 9.17) is 9.26 Å². The molecule has 0 N–H and O–H groups in total. The number of ether oxygens (including phenoxy) is 1. The summed E-state index contributed by atoms with van der Waals surface area (Å²) in [5.41, 5.74) is 0.0508. The lowest BCUT2D eigenvalue weighted by Gasteiger charge is -2.11. The molecule has 0 aromatic carbocycles. The van der Waals surface area contributed by atoms with Crippen LogP contribution in [0.15, 0.2) is 10.7 Å². The van der Waals surface area contributed by atoms with Crippen LogP contribution in [0.2, 0.25) is 0 Å². The molecule has 90 valence electrons. The van der Waals surface area contributed by atoms with E-state index in [0.717, 1.165) is 4.90 Å². The lowest BCUT2D eigenvalue weighted by Crippen LogP contribution is -2.26. The molecule has 1 fully saturated rings. The second-order valence-electron chi connectivity index (χ2n) is 3.46. The first-order valence-electron chi connectivity index (χ1n) is 5.07. The van der Waals surface area contributed by atoms with Crippen LogP contribution in [0.1, 0.15) is 23.7 Å². The maximum Gasteiger partial charge on any atom is 0.345 e. The number of nitrogens with zero attached hydrogens (tertiary/aromatic N) is 2. The summed E-state index contributed by atoms with van der Waals surface area (Å²) in [7, 11) is 0. The first kappa shape index (κ1) is 11.3. The molecule has 1 aromatic heterocycles. The van der Waals surface area contributed by atoms with Gasteiger partial charge >= 0.3 is 5.97 Å². The number of esters is 1. The summed E-state index contributed by atoms with van der Waals surface area (Å²) < 4.78 is 9.62. The number of rotatable bonds is 3. The van der Waals surface area contributed by atoms with Gasteiger partial charge in [-0.05, 0) is 6.92 Å². The molecule has 0 saturated carbocycles. The first-order chi connectivity index (χ1) is 8.13. The van der Waals surface area contributed by atoms with E-state index in [9.17, 15) is 14.4 Å². The Labute approximate surface area is 96.3 Å². The standard InChI is InChI=1S/C10H10N2O5/c1-2-16-10(15)7-4-11-17-9(7)12-5-6(13)3-8(12)14/h4H,2-3,5H2,1H3. The van der Waals surface area contributed by atoms with Crippen LogP contribution in [0.4, 0.5) is 5.88 Å². The number of hydrogen-bond acceptors (Lipinski definition) is 6. The Morgan fingerprint density at radius 2 is 2.35 bits per heavy atom. The average molecular weight is 238 g/mol. The van der Waals surface area contributed by atoms with E-state index in [1.807, 2.05) is 0 Å². The topological polar surface area (TPSA) is 89.7 Å². The Morgan fingerprint density at radius 1 is 1.59 bits per heavy atom. The van der Waals surface area contributed by atoms with Crippen molar-refractivity contribution in [2.45, 2.75) is 13.3 Å². The maximum absolute atomic E-state index is 11.5. The summed E-state index contributed by atoms with van der Waals surface area (Å²) in [6.45, 7) is 1.77. The smallest absolute Gasteiger partial charge is 0.345 e. The van der Waals surface area contributed by atoms with Gasteiger partial charge in [-0.3, -0.25) is 14.5 Å². The van der Waals surface area contributed by atoms with Crippen molar-refractivity contribution in [3.05, 3.63) is 11.8 Å². The summed E-state index contributed by atoms with van der Waals surface area (Å²) in [4.78, 5) is 35.2. The molecule has 2 rings (SSSR count). The van der Waals surface area contributed by atoms with Crippen LogP contribution >= 0.6 is 0 Å². The third-order valence-electron chi connectivity index (χ3n) is 2.28. The van der Waals surface area contributed by atoms with Crippen molar-refractivity contribution in [3.8, 4) is 0 Å².